The molecule has 1 aliphatic rings. The third-order valence-corrected chi connectivity index (χ3v) is 6.41. The van der Waals surface area contributed by atoms with Gasteiger partial charge in [0.2, 0.25) is 5.91 Å². The molecule has 166 valence electrons. The summed E-state index contributed by atoms with van der Waals surface area (Å²) in [6.07, 6.45) is 0. The van der Waals surface area contributed by atoms with E-state index in [4.69, 9.17) is 4.74 Å². The first-order valence-corrected chi connectivity index (χ1v) is 11.7. The maximum atomic E-state index is 12.8. The number of anilines is 2. The Balaban J connectivity index is 1.37. The summed E-state index contributed by atoms with van der Waals surface area (Å²) in [6.45, 7) is 4.34. The molecule has 32 heavy (non-hydrogen) atoms. The molecule has 0 aromatic heterocycles. The highest BCUT2D eigenvalue weighted by Crippen LogP contribution is 2.33. The molecule has 5 nitrogen and oxygen atoms in total. The highest BCUT2D eigenvalue weighted by molar-refractivity contribution is 7.99. The van der Waals surface area contributed by atoms with Crippen molar-refractivity contribution < 1.29 is 9.53 Å². The van der Waals surface area contributed by atoms with E-state index >= 15 is 0 Å². The van der Waals surface area contributed by atoms with Crippen LogP contribution in [0.15, 0.2) is 88.7 Å². The first kappa shape index (κ1) is 22.4. The summed E-state index contributed by atoms with van der Waals surface area (Å²) >= 11 is 1.65. The Kier molecular flexibility index (Phi) is 7.82. The standard InChI is InChI=1S/C26H29N3O2S/c1-28(19-21-9-5-7-13-24(21)29-15-17-31-18-16-29)20-26(30)27-23-12-6-8-14-25(23)32-22-10-3-2-4-11-22/h2-14H,15-20H2,1H3,(H,27,30). The Morgan fingerprint density at radius 3 is 2.47 bits per heavy atom. The topological polar surface area (TPSA) is 44.8 Å². The number of nitrogens with zero attached hydrogens (tertiary/aromatic N) is 2. The van der Waals surface area contributed by atoms with Crippen molar-refractivity contribution in [2.75, 3.05) is 50.1 Å². The van der Waals surface area contributed by atoms with Gasteiger partial charge in [-0.25, -0.2) is 0 Å². The van der Waals surface area contributed by atoms with Gasteiger partial charge in [0.1, 0.15) is 0 Å². The zero-order valence-corrected chi connectivity index (χ0v) is 19.2. The van der Waals surface area contributed by atoms with Crippen LogP contribution in [0.1, 0.15) is 5.56 Å². The average molecular weight is 448 g/mol. The van der Waals surface area contributed by atoms with Gasteiger partial charge in [-0.1, -0.05) is 60.3 Å². The van der Waals surface area contributed by atoms with Crippen molar-refractivity contribution in [3.05, 3.63) is 84.4 Å². The van der Waals surface area contributed by atoms with Gasteiger partial charge in [0.25, 0.3) is 0 Å². The molecule has 1 heterocycles. The minimum absolute atomic E-state index is 0.0162. The fourth-order valence-corrected chi connectivity index (χ4v) is 4.74. The van der Waals surface area contributed by atoms with E-state index in [1.54, 1.807) is 11.8 Å². The molecule has 3 aromatic rings. The molecule has 0 saturated carbocycles. The van der Waals surface area contributed by atoms with Gasteiger partial charge < -0.3 is 15.0 Å². The summed E-state index contributed by atoms with van der Waals surface area (Å²) < 4.78 is 5.49. The number of likely N-dealkylation sites (N-methyl/N-ethyl adjacent to an activating group) is 1. The lowest BCUT2D eigenvalue weighted by Gasteiger charge is -2.31. The third kappa shape index (κ3) is 6.13. The number of hydrogen-bond donors (Lipinski definition) is 1. The van der Waals surface area contributed by atoms with Gasteiger partial charge in [-0.2, -0.15) is 0 Å². The molecular weight excluding hydrogens is 418 g/mol. The van der Waals surface area contributed by atoms with Gasteiger partial charge in [0.05, 0.1) is 25.4 Å². The number of morpholine rings is 1. The monoisotopic (exact) mass is 447 g/mol. The zero-order valence-electron chi connectivity index (χ0n) is 18.4. The van der Waals surface area contributed by atoms with Crippen LogP contribution in [0.3, 0.4) is 0 Å². The van der Waals surface area contributed by atoms with E-state index in [0.29, 0.717) is 13.1 Å². The number of benzene rings is 3. The predicted octanol–water partition coefficient (Wildman–Crippen LogP) is 4.74. The second kappa shape index (κ2) is 11.2. The van der Waals surface area contributed by atoms with E-state index in [9.17, 15) is 4.79 Å². The van der Waals surface area contributed by atoms with Crippen molar-refractivity contribution >= 4 is 29.0 Å². The SMILES string of the molecule is CN(CC(=O)Nc1ccccc1Sc1ccccc1)Cc1ccccc1N1CCOCC1. The van der Waals surface area contributed by atoms with Crippen LogP contribution in [0, 0.1) is 0 Å². The number of amides is 1. The molecule has 0 aliphatic carbocycles. The smallest absolute Gasteiger partial charge is 0.238 e. The highest BCUT2D eigenvalue weighted by Gasteiger charge is 2.16. The Morgan fingerprint density at radius 2 is 1.66 bits per heavy atom. The summed E-state index contributed by atoms with van der Waals surface area (Å²) in [5.74, 6) is -0.0162. The predicted molar refractivity (Wildman–Crippen MR) is 131 cm³/mol. The van der Waals surface area contributed by atoms with Crippen LogP contribution in [0.2, 0.25) is 0 Å². The minimum Gasteiger partial charge on any atom is -0.378 e. The van der Waals surface area contributed by atoms with Crippen molar-refractivity contribution in [2.45, 2.75) is 16.3 Å². The van der Waals surface area contributed by atoms with E-state index < -0.39 is 0 Å². The molecule has 0 unspecified atom stereocenters. The number of para-hydroxylation sites is 2. The molecule has 0 radical (unpaired) electrons. The summed E-state index contributed by atoms with van der Waals surface area (Å²) in [7, 11) is 1.99. The number of hydrogen-bond acceptors (Lipinski definition) is 5. The van der Waals surface area contributed by atoms with Gasteiger partial charge in [0, 0.05) is 35.1 Å². The maximum absolute atomic E-state index is 12.8. The molecule has 1 aliphatic heterocycles. The molecule has 0 atom stereocenters. The van der Waals surface area contributed by atoms with Crippen LogP contribution in [0.4, 0.5) is 11.4 Å². The highest BCUT2D eigenvalue weighted by atomic mass is 32.2. The average Bonchev–Trinajstić information content (AvgIpc) is 2.82. The quantitative estimate of drug-likeness (QED) is 0.540. The van der Waals surface area contributed by atoms with Crippen molar-refractivity contribution in [3.63, 3.8) is 0 Å². The van der Waals surface area contributed by atoms with E-state index in [-0.39, 0.29) is 5.91 Å². The lowest BCUT2D eigenvalue weighted by Crippen LogP contribution is -2.37. The second-order valence-electron chi connectivity index (χ2n) is 7.86. The molecule has 3 aromatic carbocycles. The fraction of sp³-hybridized carbons (Fsp3) is 0.269. The third-order valence-electron chi connectivity index (χ3n) is 5.33. The fourth-order valence-electron chi connectivity index (χ4n) is 3.81. The van der Waals surface area contributed by atoms with Crippen LogP contribution in [-0.2, 0) is 16.1 Å². The summed E-state index contributed by atoms with van der Waals surface area (Å²) in [4.78, 5) is 19.4. The molecule has 1 saturated heterocycles. The molecule has 1 fully saturated rings. The van der Waals surface area contributed by atoms with E-state index in [0.717, 1.165) is 41.8 Å². The Hall–Kier alpha value is -2.80. The molecule has 0 spiro atoms. The lowest BCUT2D eigenvalue weighted by molar-refractivity contribution is -0.117. The van der Waals surface area contributed by atoms with Gasteiger partial charge in [0.15, 0.2) is 0 Å². The van der Waals surface area contributed by atoms with Gasteiger partial charge in [-0.3, -0.25) is 9.69 Å². The molecule has 0 bridgehead atoms. The van der Waals surface area contributed by atoms with Crippen molar-refractivity contribution in [2.24, 2.45) is 0 Å². The van der Waals surface area contributed by atoms with Crippen molar-refractivity contribution in [3.8, 4) is 0 Å². The lowest BCUT2D eigenvalue weighted by atomic mass is 10.1. The number of rotatable bonds is 8. The first-order chi connectivity index (χ1) is 15.7. The van der Waals surface area contributed by atoms with Gasteiger partial charge in [-0.05, 0) is 42.9 Å². The summed E-state index contributed by atoms with van der Waals surface area (Å²) in [5, 5.41) is 3.10. The maximum Gasteiger partial charge on any atom is 0.238 e. The normalized spacial score (nSPS) is 13.9. The van der Waals surface area contributed by atoms with Crippen LogP contribution in [0.5, 0.6) is 0 Å². The van der Waals surface area contributed by atoms with E-state index in [1.165, 1.54) is 11.3 Å². The number of nitrogens with one attached hydrogen (secondary N) is 1. The van der Waals surface area contributed by atoms with Crippen molar-refractivity contribution in [1.82, 2.24) is 4.90 Å². The number of ether oxygens (including phenoxy) is 1. The second-order valence-corrected chi connectivity index (χ2v) is 8.98. The number of carbonyl (C=O) groups is 1. The van der Waals surface area contributed by atoms with Crippen LogP contribution < -0.4 is 10.2 Å². The zero-order chi connectivity index (χ0) is 22.2. The Morgan fingerprint density at radius 1 is 0.969 bits per heavy atom. The minimum atomic E-state index is -0.0162. The van der Waals surface area contributed by atoms with Crippen LogP contribution >= 0.6 is 11.8 Å². The molecule has 4 rings (SSSR count). The Labute approximate surface area is 194 Å². The van der Waals surface area contributed by atoms with Crippen LogP contribution in [-0.4, -0.2) is 50.7 Å². The molecule has 1 amide bonds. The number of carbonyl (C=O) groups excluding carboxylic acids is 1. The molecular formula is C26H29N3O2S. The first-order valence-electron chi connectivity index (χ1n) is 10.9. The molecule has 1 N–H and O–H groups in total. The van der Waals surface area contributed by atoms with Crippen molar-refractivity contribution in [1.29, 1.82) is 0 Å². The summed E-state index contributed by atoms with van der Waals surface area (Å²) in [5.41, 5.74) is 3.30. The van der Waals surface area contributed by atoms with Crippen LogP contribution in [0.25, 0.3) is 0 Å². The largest absolute Gasteiger partial charge is 0.378 e. The van der Waals surface area contributed by atoms with E-state index in [2.05, 4.69) is 51.5 Å². The Bertz CT molecular complexity index is 1020. The van der Waals surface area contributed by atoms with Gasteiger partial charge >= 0.3 is 0 Å². The summed E-state index contributed by atoms with van der Waals surface area (Å²) in [6, 6.07) is 26.6. The van der Waals surface area contributed by atoms with E-state index in [1.807, 2.05) is 49.5 Å². The molecule has 6 heteroatoms. The van der Waals surface area contributed by atoms with Gasteiger partial charge in [-0.15, -0.1) is 0 Å².